The van der Waals surface area contributed by atoms with Crippen molar-refractivity contribution in [2.45, 2.75) is 0 Å². The van der Waals surface area contributed by atoms with E-state index in [-0.39, 0.29) is 12.4 Å². The second kappa shape index (κ2) is 6.28. The number of benzene rings is 2. The molecule has 24 heavy (non-hydrogen) atoms. The smallest absolute Gasteiger partial charge is 0.305 e. The van der Waals surface area contributed by atoms with E-state index in [1.165, 1.54) is 6.07 Å². The Kier molecular flexibility index (Phi) is 4.01. The Morgan fingerprint density at radius 1 is 1.25 bits per heavy atom. The van der Waals surface area contributed by atoms with Crippen LogP contribution in [0, 0.1) is 15.9 Å². The summed E-state index contributed by atoms with van der Waals surface area (Å²) in [6.07, 6.45) is 0. The predicted molar refractivity (Wildman–Crippen MR) is 81.1 cm³/mol. The zero-order chi connectivity index (χ0) is 17.1. The van der Waals surface area contributed by atoms with Crippen LogP contribution < -0.4 is 10.1 Å². The molecule has 1 aromatic heterocycles. The van der Waals surface area contributed by atoms with Crippen molar-refractivity contribution in [2.24, 2.45) is 0 Å². The molecular weight excluding hydrogens is 321 g/mol. The van der Waals surface area contributed by atoms with E-state index < -0.39 is 22.3 Å². The Hall–Kier alpha value is -3.56. The summed E-state index contributed by atoms with van der Waals surface area (Å²) in [5, 5.41) is 23.4. The van der Waals surface area contributed by atoms with Gasteiger partial charge in [0.15, 0.2) is 6.61 Å². The van der Waals surface area contributed by atoms with Crippen LogP contribution in [0.25, 0.3) is 11.0 Å². The Bertz CT molecular complexity index is 926. The number of H-pyrrole nitrogens is 1. The van der Waals surface area contributed by atoms with Crippen molar-refractivity contribution in [3.8, 4) is 5.75 Å². The van der Waals surface area contributed by atoms with Crippen molar-refractivity contribution in [3.05, 3.63) is 52.3 Å². The largest absolute Gasteiger partial charge is 0.484 e. The molecule has 0 aliphatic carbocycles. The molecule has 0 unspecified atom stereocenters. The van der Waals surface area contributed by atoms with Gasteiger partial charge < -0.3 is 10.1 Å². The van der Waals surface area contributed by atoms with Gasteiger partial charge in [-0.2, -0.15) is 19.8 Å². The molecule has 0 aliphatic heterocycles. The van der Waals surface area contributed by atoms with E-state index in [1.54, 1.807) is 18.2 Å². The molecule has 1 amide bonds. The topological polar surface area (TPSA) is 123 Å². The standard InChI is InChI=1S/C14H10FN5O4/c15-10-6-9(2-4-13(10)20(22)23)24-7-14(21)16-8-1-3-11-12(5-8)18-19-17-11/h1-6H,7H2,(H,16,21)(H,17,18,19). The van der Waals surface area contributed by atoms with E-state index in [0.29, 0.717) is 16.7 Å². The Labute approximate surface area is 133 Å². The van der Waals surface area contributed by atoms with E-state index in [2.05, 4.69) is 20.7 Å². The predicted octanol–water partition coefficient (Wildman–Crippen LogP) is 2.02. The fourth-order valence-corrected chi connectivity index (χ4v) is 1.99. The molecular formula is C14H10FN5O4. The van der Waals surface area contributed by atoms with Crippen molar-refractivity contribution in [3.63, 3.8) is 0 Å². The molecule has 3 rings (SSSR count). The summed E-state index contributed by atoms with van der Waals surface area (Å²) >= 11 is 0. The van der Waals surface area contributed by atoms with Gasteiger partial charge in [-0.25, -0.2) is 0 Å². The van der Waals surface area contributed by atoms with Crippen molar-refractivity contribution < 1.29 is 18.8 Å². The number of rotatable bonds is 5. The highest BCUT2D eigenvalue weighted by atomic mass is 19.1. The minimum absolute atomic E-state index is 0.0141. The first-order chi connectivity index (χ1) is 11.5. The SMILES string of the molecule is O=C(COc1ccc([N+](=O)[O-])c(F)c1)Nc1ccc2n[nH]nc2c1. The number of halogens is 1. The summed E-state index contributed by atoms with van der Waals surface area (Å²) in [7, 11) is 0. The first-order valence-electron chi connectivity index (χ1n) is 6.70. The molecule has 0 aliphatic rings. The molecule has 0 spiro atoms. The minimum atomic E-state index is -1.03. The number of aromatic amines is 1. The lowest BCUT2D eigenvalue weighted by molar-refractivity contribution is -0.387. The fourth-order valence-electron chi connectivity index (χ4n) is 1.99. The van der Waals surface area contributed by atoms with Gasteiger partial charge in [-0.15, -0.1) is 0 Å². The summed E-state index contributed by atoms with van der Waals surface area (Å²) < 4.78 is 18.6. The van der Waals surface area contributed by atoms with Gasteiger partial charge in [0.2, 0.25) is 5.82 Å². The third-order valence-corrected chi connectivity index (χ3v) is 3.09. The van der Waals surface area contributed by atoms with Crippen LogP contribution in [0.5, 0.6) is 5.75 Å². The van der Waals surface area contributed by atoms with Crippen LogP contribution in [0.15, 0.2) is 36.4 Å². The summed E-state index contributed by atoms with van der Waals surface area (Å²) in [5.74, 6) is -1.49. The lowest BCUT2D eigenvalue weighted by Gasteiger charge is -2.07. The van der Waals surface area contributed by atoms with Crippen molar-refractivity contribution in [2.75, 3.05) is 11.9 Å². The third-order valence-electron chi connectivity index (χ3n) is 3.09. The number of nitro groups is 1. The Morgan fingerprint density at radius 3 is 2.79 bits per heavy atom. The molecule has 2 N–H and O–H groups in total. The number of nitrogens with zero attached hydrogens (tertiary/aromatic N) is 3. The molecule has 0 radical (unpaired) electrons. The van der Waals surface area contributed by atoms with Gasteiger partial charge in [-0.05, 0) is 24.3 Å². The fraction of sp³-hybridized carbons (Fsp3) is 0.0714. The zero-order valence-corrected chi connectivity index (χ0v) is 12.0. The second-order valence-corrected chi connectivity index (χ2v) is 4.73. The number of carbonyl (C=O) groups is 1. The number of carbonyl (C=O) groups excluding carboxylic acids is 1. The molecule has 9 nitrogen and oxygen atoms in total. The molecule has 0 fully saturated rings. The van der Waals surface area contributed by atoms with E-state index in [9.17, 15) is 19.3 Å². The molecule has 10 heteroatoms. The first kappa shape index (κ1) is 15.3. The van der Waals surface area contributed by atoms with Gasteiger partial charge in [-0.1, -0.05) is 0 Å². The van der Waals surface area contributed by atoms with Crippen molar-refractivity contribution in [1.82, 2.24) is 15.4 Å². The number of fused-ring (bicyclic) bond motifs is 1. The number of nitrogens with one attached hydrogen (secondary N) is 2. The third kappa shape index (κ3) is 3.27. The van der Waals surface area contributed by atoms with E-state index in [4.69, 9.17) is 4.74 Å². The highest BCUT2D eigenvalue weighted by Gasteiger charge is 2.15. The summed E-state index contributed by atoms with van der Waals surface area (Å²) in [6, 6.07) is 8.00. The van der Waals surface area contributed by atoms with Crippen LogP contribution in [0.4, 0.5) is 15.8 Å². The highest BCUT2D eigenvalue weighted by molar-refractivity contribution is 5.93. The summed E-state index contributed by atoms with van der Waals surface area (Å²) in [4.78, 5) is 21.5. The van der Waals surface area contributed by atoms with Crippen LogP contribution in [0.2, 0.25) is 0 Å². The molecule has 2 aromatic carbocycles. The zero-order valence-electron chi connectivity index (χ0n) is 12.0. The minimum Gasteiger partial charge on any atom is -0.484 e. The molecule has 0 saturated carbocycles. The average Bonchev–Trinajstić information content (AvgIpc) is 3.00. The number of amides is 1. The lowest BCUT2D eigenvalue weighted by atomic mass is 10.2. The lowest BCUT2D eigenvalue weighted by Crippen LogP contribution is -2.20. The van der Waals surface area contributed by atoms with Crippen LogP contribution in [-0.4, -0.2) is 32.8 Å². The second-order valence-electron chi connectivity index (χ2n) is 4.73. The Balaban J connectivity index is 1.61. The normalized spacial score (nSPS) is 10.5. The number of nitro benzene ring substituents is 1. The molecule has 0 saturated heterocycles. The maximum atomic E-state index is 13.5. The van der Waals surface area contributed by atoms with E-state index >= 15 is 0 Å². The van der Waals surface area contributed by atoms with E-state index in [0.717, 1.165) is 12.1 Å². The number of ether oxygens (including phenoxy) is 1. The molecule has 0 atom stereocenters. The van der Waals surface area contributed by atoms with Crippen LogP contribution in [0.1, 0.15) is 0 Å². The summed E-state index contributed by atoms with van der Waals surface area (Å²) in [5.41, 5.74) is 1.09. The van der Waals surface area contributed by atoms with Crippen molar-refractivity contribution in [1.29, 1.82) is 0 Å². The molecule has 1 heterocycles. The molecule has 3 aromatic rings. The Morgan fingerprint density at radius 2 is 2.04 bits per heavy atom. The number of hydrogen-bond donors (Lipinski definition) is 2. The maximum absolute atomic E-state index is 13.5. The number of hydrogen-bond acceptors (Lipinski definition) is 6. The van der Waals surface area contributed by atoms with Crippen molar-refractivity contribution >= 4 is 28.3 Å². The number of aromatic nitrogens is 3. The quantitative estimate of drug-likeness (QED) is 0.544. The van der Waals surface area contributed by atoms with Crippen LogP contribution in [0.3, 0.4) is 0 Å². The van der Waals surface area contributed by atoms with Gasteiger partial charge in [0, 0.05) is 17.8 Å². The first-order valence-corrected chi connectivity index (χ1v) is 6.70. The van der Waals surface area contributed by atoms with Crippen LogP contribution in [-0.2, 0) is 4.79 Å². The molecule has 122 valence electrons. The number of anilines is 1. The van der Waals surface area contributed by atoms with Gasteiger partial charge in [0.1, 0.15) is 16.8 Å². The average molecular weight is 331 g/mol. The van der Waals surface area contributed by atoms with Gasteiger partial charge in [-0.3, -0.25) is 14.9 Å². The maximum Gasteiger partial charge on any atom is 0.305 e. The van der Waals surface area contributed by atoms with Crippen LogP contribution >= 0.6 is 0 Å². The summed E-state index contributed by atoms with van der Waals surface area (Å²) in [6.45, 7) is -0.381. The van der Waals surface area contributed by atoms with Gasteiger partial charge >= 0.3 is 5.69 Å². The van der Waals surface area contributed by atoms with Gasteiger partial charge in [0.05, 0.1) is 4.92 Å². The highest BCUT2D eigenvalue weighted by Crippen LogP contribution is 2.22. The van der Waals surface area contributed by atoms with Gasteiger partial charge in [0.25, 0.3) is 5.91 Å². The van der Waals surface area contributed by atoms with E-state index in [1.807, 2.05) is 0 Å². The monoisotopic (exact) mass is 331 g/mol. The molecule has 0 bridgehead atoms.